The molecule has 0 aliphatic rings. The lowest BCUT2D eigenvalue weighted by Crippen LogP contribution is -2.15. The number of alkyl halides is 2. The van der Waals surface area contributed by atoms with E-state index in [2.05, 4.69) is 19.4 Å². The van der Waals surface area contributed by atoms with Crippen LogP contribution in [0.2, 0.25) is 5.02 Å². The molecule has 0 saturated carbocycles. The van der Waals surface area contributed by atoms with Gasteiger partial charge in [-0.15, -0.1) is 0 Å². The third-order valence-electron chi connectivity index (χ3n) is 3.59. The molecule has 2 N–H and O–H groups in total. The highest BCUT2D eigenvalue weighted by atomic mass is 35.5. The third-order valence-corrected chi connectivity index (χ3v) is 5.23. The number of pyridine rings is 1. The maximum Gasteiger partial charge on any atom is 0.272 e. The first kappa shape index (κ1) is 20.1. The quantitative estimate of drug-likeness (QED) is 0.588. The molecule has 0 atom stereocenters. The molecule has 0 aliphatic carbocycles. The van der Waals surface area contributed by atoms with Gasteiger partial charge in [-0.25, -0.2) is 21.6 Å². The Hall–Kier alpha value is -2.66. The van der Waals surface area contributed by atoms with Crippen molar-refractivity contribution < 1.29 is 31.1 Å². The summed E-state index contributed by atoms with van der Waals surface area (Å²) in [5.74, 6) is -2.22. The van der Waals surface area contributed by atoms with Crippen molar-refractivity contribution in [3.63, 3.8) is 0 Å². The first-order valence-corrected chi connectivity index (χ1v) is 9.52. The SMILES string of the molecule is COc1nc(OCC(F)F)c(F)cc1NS(=O)(=O)c1c[nH]c2cc(Cl)ccc12. The van der Waals surface area contributed by atoms with E-state index in [0.29, 0.717) is 15.9 Å². The van der Waals surface area contributed by atoms with Crippen LogP contribution in [0.4, 0.5) is 18.9 Å². The summed E-state index contributed by atoms with van der Waals surface area (Å²) in [5.41, 5.74) is 0.160. The first-order chi connectivity index (χ1) is 13.2. The molecule has 0 spiro atoms. The molecule has 0 saturated heterocycles. The Bertz CT molecular complexity index is 1120. The molecule has 1 aromatic carbocycles. The van der Waals surface area contributed by atoms with Gasteiger partial charge in [0.05, 0.1) is 7.11 Å². The molecule has 0 aliphatic heterocycles. The molecule has 0 amide bonds. The number of aromatic nitrogens is 2. The monoisotopic (exact) mass is 435 g/mol. The van der Waals surface area contributed by atoms with Crippen molar-refractivity contribution in [1.29, 1.82) is 0 Å². The molecule has 28 heavy (non-hydrogen) atoms. The van der Waals surface area contributed by atoms with Crippen LogP contribution in [0.5, 0.6) is 11.8 Å². The number of fused-ring (bicyclic) bond motifs is 1. The summed E-state index contributed by atoms with van der Waals surface area (Å²) in [6.07, 6.45) is -1.58. The Morgan fingerprint density at radius 2 is 2.04 bits per heavy atom. The lowest BCUT2D eigenvalue weighted by molar-refractivity contribution is 0.0770. The Kier molecular flexibility index (Phi) is 5.57. The van der Waals surface area contributed by atoms with E-state index in [1.807, 2.05) is 0 Å². The third kappa shape index (κ3) is 4.09. The number of anilines is 1. The maximum atomic E-state index is 14.1. The first-order valence-electron chi connectivity index (χ1n) is 7.66. The number of methoxy groups -OCH3 is 1. The number of aromatic amines is 1. The maximum absolute atomic E-state index is 14.1. The summed E-state index contributed by atoms with van der Waals surface area (Å²) in [4.78, 5) is 6.27. The van der Waals surface area contributed by atoms with E-state index in [9.17, 15) is 21.6 Å². The van der Waals surface area contributed by atoms with Crippen LogP contribution < -0.4 is 14.2 Å². The van der Waals surface area contributed by atoms with Crippen LogP contribution in [0.25, 0.3) is 10.9 Å². The molecule has 3 rings (SSSR count). The number of rotatable bonds is 7. The number of nitrogens with one attached hydrogen (secondary N) is 2. The lowest BCUT2D eigenvalue weighted by Gasteiger charge is -2.13. The number of ether oxygens (including phenoxy) is 2. The fourth-order valence-electron chi connectivity index (χ4n) is 2.42. The van der Waals surface area contributed by atoms with Crippen molar-refractivity contribution in [1.82, 2.24) is 9.97 Å². The van der Waals surface area contributed by atoms with Gasteiger partial charge in [0.15, 0.2) is 12.4 Å². The van der Waals surface area contributed by atoms with E-state index in [4.69, 9.17) is 16.3 Å². The summed E-state index contributed by atoms with van der Waals surface area (Å²) in [6.45, 7) is -1.07. The Morgan fingerprint density at radius 3 is 2.71 bits per heavy atom. The van der Waals surface area contributed by atoms with Gasteiger partial charge in [0.25, 0.3) is 22.3 Å². The van der Waals surface area contributed by atoms with E-state index in [-0.39, 0.29) is 16.5 Å². The normalized spacial score (nSPS) is 11.8. The highest BCUT2D eigenvalue weighted by Gasteiger charge is 2.23. The standard InChI is InChI=1S/C16H13ClF3N3O4S/c1-26-16-12(5-10(18)15(22-16)27-7-14(19)20)23-28(24,25)13-6-21-11-4-8(17)2-3-9(11)13/h2-6,14,21,23H,7H2,1H3. The van der Waals surface area contributed by atoms with Crippen molar-refractivity contribution in [2.45, 2.75) is 11.3 Å². The highest BCUT2D eigenvalue weighted by molar-refractivity contribution is 7.93. The molecule has 0 bridgehead atoms. The number of hydrogen-bond donors (Lipinski definition) is 2. The van der Waals surface area contributed by atoms with Gasteiger partial charge in [-0.1, -0.05) is 11.6 Å². The Morgan fingerprint density at radius 1 is 1.29 bits per heavy atom. The summed E-state index contributed by atoms with van der Waals surface area (Å²) in [7, 11) is -3.01. The van der Waals surface area contributed by atoms with Crippen LogP contribution in [0, 0.1) is 5.82 Å². The number of nitrogens with zero attached hydrogens (tertiary/aromatic N) is 1. The van der Waals surface area contributed by atoms with Crippen molar-refractivity contribution in [3.05, 3.63) is 41.3 Å². The van der Waals surface area contributed by atoms with Crippen molar-refractivity contribution in [2.75, 3.05) is 18.4 Å². The summed E-state index contributed by atoms with van der Waals surface area (Å²) >= 11 is 5.88. The van der Waals surface area contributed by atoms with Gasteiger partial charge in [0.1, 0.15) is 10.6 Å². The van der Waals surface area contributed by atoms with Gasteiger partial charge in [0, 0.05) is 28.2 Å². The van der Waals surface area contributed by atoms with Gasteiger partial charge < -0.3 is 14.5 Å². The smallest absolute Gasteiger partial charge is 0.272 e. The van der Waals surface area contributed by atoms with E-state index in [1.165, 1.54) is 18.3 Å². The second kappa shape index (κ2) is 7.76. The van der Waals surface area contributed by atoms with Gasteiger partial charge in [-0.05, 0) is 18.2 Å². The molecule has 7 nitrogen and oxygen atoms in total. The average molecular weight is 436 g/mol. The van der Waals surface area contributed by atoms with Gasteiger partial charge in [-0.2, -0.15) is 4.98 Å². The highest BCUT2D eigenvalue weighted by Crippen LogP contribution is 2.32. The summed E-state index contributed by atoms with van der Waals surface area (Å²) in [6, 6.07) is 5.32. The molecule has 3 aromatic rings. The number of hydrogen-bond acceptors (Lipinski definition) is 5. The Balaban J connectivity index is 1.96. The molecule has 2 heterocycles. The molecule has 12 heteroatoms. The zero-order valence-electron chi connectivity index (χ0n) is 14.2. The van der Waals surface area contributed by atoms with Crippen LogP contribution in [0.1, 0.15) is 0 Å². The van der Waals surface area contributed by atoms with E-state index in [1.54, 1.807) is 6.07 Å². The molecule has 0 unspecified atom stereocenters. The fraction of sp³-hybridized carbons (Fsp3) is 0.188. The van der Waals surface area contributed by atoms with Crippen molar-refractivity contribution in [3.8, 4) is 11.8 Å². The second-order valence-corrected chi connectivity index (χ2v) is 7.57. The molecular weight excluding hydrogens is 423 g/mol. The van der Waals surface area contributed by atoms with Gasteiger partial charge >= 0.3 is 0 Å². The molecule has 0 radical (unpaired) electrons. The topological polar surface area (TPSA) is 93.3 Å². The van der Waals surface area contributed by atoms with Crippen molar-refractivity contribution >= 4 is 38.2 Å². The fourth-order valence-corrected chi connectivity index (χ4v) is 3.82. The van der Waals surface area contributed by atoms with Gasteiger partial charge in [-0.3, -0.25) is 4.72 Å². The van der Waals surface area contributed by atoms with Crippen LogP contribution in [-0.2, 0) is 10.0 Å². The van der Waals surface area contributed by atoms with Crippen LogP contribution in [0.15, 0.2) is 35.4 Å². The van der Waals surface area contributed by atoms with E-state index in [0.717, 1.165) is 13.2 Å². The van der Waals surface area contributed by atoms with Crippen LogP contribution in [-0.4, -0.2) is 38.5 Å². The minimum absolute atomic E-state index is 0.111. The number of sulfonamides is 1. The zero-order valence-corrected chi connectivity index (χ0v) is 15.7. The predicted molar refractivity (Wildman–Crippen MR) is 96.4 cm³/mol. The molecule has 0 fully saturated rings. The predicted octanol–water partition coefficient (Wildman–Crippen LogP) is 3.81. The molecule has 2 aromatic heterocycles. The van der Waals surface area contributed by atoms with Crippen molar-refractivity contribution in [2.24, 2.45) is 0 Å². The largest absolute Gasteiger partial charge is 0.479 e. The van der Waals surface area contributed by atoms with Crippen LogP contribution in [0.3, 0.4) is 0 Å². The molecular formula is C16H13ClF3N3O4S. The summed E-state index contributed by atoms with van der Waals surface area (Å²) in [5, 5.41) is 0.778. The minimum Gasteiger partial charge on any atom is -0.479 e. The zero-order chi connectivity index (χ0) is 20.5. The minimum atomic E-state index is -4.17. The molecule has 150 valence electrons. The van der Waals surface area contributed by atoms with E-state index >= 15 is 0 Å². The number of halogens is 4. The lowest BCUT2D eigenvalue weighted by atomic mass is 10.2. The van der Waals surface area contributed by atoms with E-state index < -0.39 is 34.8 Å². The summed E-state index contributed by atoms with van der Waals surface area (Å²) < 4.78 is 75.7. The number of benzene rings is 1. The number of H-pyrrole nitrogens is 1. The Labute approximate surface area is 162 Å². The second-order valence-electron chi connectivity index (χ2n) is 5.48. The average Bonchev–Trinajstić information content (AvgIpc) is 3.04. The van der Waals surface area contributed by atoms with Gasteiger partial charge in [0.2, 0.25) is 5.88 Å². The van der Waals surface area contributed by atoms with Crippen LogP contribution >= 0.6 is 11.6 Å².